The van der Waals surface area contributed by atoms with Crippen molar-refractivity contribution in [3.8, 4) is 78.7 Å². The van der Waals surface area contributed by atoms with E-state index in [1.807, 2.05) is 54.6 Å². The molecule has 0 aliphatic heterocycles. The number of fused-ring (bicyclic) bond motifs is 2. The minimum Gasteiger partial charge on any atom is -0.208 e. The molecule has 9 aromatic carbocycles. The van der Waals surface area contributed by atoms with Crippen molar-refractivity contribution < 1.29 is 0 Å². The fourth-order valence-corrected chi connectivity index (χ4v) is 7.60. The Labute approximate surface area is 326 Å². The van der Waals surface area contributed by atoms with E-state index in [9.17, 15) is 0 Å². The second-order valence-electron chi connectivity index (χ2n) is 13.9. The van der Waals surface area contributed by atoms with Crippen molar-refractivity contribution >= 4 is 21.5 Å². The third-order valence-corrected chi connectivity index (χ3v) is 10.4. The van der Waals surface area contributed by atoms with Gasteiger partial charge in [0, 0.05) is 28.3 Å². The van der Waals surface area contributed by atoms with Gasteiger partial charge < -0.3 is 0 Å². The Morgan fingerprint density at radius 3 is 1.36 bits per heavy atom. The lowest BCUT2D eigenvalue weighted by molar-refractivity contribution is 1.07. The summed E-state index contributed by atoms with van der Waals surface area (Å²) in [6, 6.07) is 76.3. The Balaban J connectivity index is 1.09. The van der Waals surface area contributed by atoms with Crippen LogP contribution in [0.5, 0.6) is 0 Å². The number of benzene rings is 8. The molecule has 3 nitrogen and oxygen atoms in total. The average Bonchev–Trinajstić information content (AvgIpc) is 3.29. The van der Waals surface area contributed by atoms with Gasteiger partial charge in [0.15, 0.2) is 17.5 Å². The summed E-state index contributed by atoms with van der Waals surface area (Å²) < 4.78 is 0. The Bertz CT molecular complexity index is 3020. The smallest absolute Gasteiger partial charge is 0.165 e. The normalized spacial score (nSPS) is 11.1. The van der Waals surface area contributed by atoms with E-state index >= 15 is 0 Å². The molecule has 0 saturated heterocycles. The highest BCUT2D eigenvalue weighted by Gasteiger charge is 2.19. The molecule has 10 aromatic rings. The quantitative estimate of drug-likeness (QED) is 0.165. The van der Waals surface area contributed by atoms with E-state index in [4.69, 9.17) is 15.0 Å². The monoisotopic (exact) mass is 711 g/mol. The van der Waals surface area contributed by atoms with E-state index in [2.05, 4.69) is 158 Å². The third-order valence-electron chi connectivity index (χ3n) is 10.4. The molecule has 0 fully saturated rings. The van der Waals surface area contributed by atoms with Crippen molar-refractivity contribution in [1.82, 2.24) is 15.0 Å². The maximum absolute atomic E-state index is 5.25. The summed E-state index contributed by atoms with van der Waals surface area (Å²) in [5, 5.41) is 4.84. The predicted molar refractivity (Wildman–Crippen MR) is 231 cm³/mol. The van der Waals surface area contributed by atoms with Crippen LogP contribution in [-0.2, 0) is 0 Å². The van der Waals surface area contributed by atoms with Gasteiger partial charge in [0.1, 0.15) is 0 Å². The molecule has 0 atom stereocenters. The van der Waals surface area contributed by atoms with Crippen LogP contribution in [0, 0.1) is 12.1 Å². The van der Waals surface area contributed by atoms with Crippen molar-refractivity contribution in [3.63, 3.8) is 0 Å². The van der Waals surface area contributed by atoms with Crippen LogP contribution >= 0.6 is 0 Å². The molecular formula is C53H33N3. The maximum Gasteiger partial charge on any atom is 0.165 e. The van der Waals surface area contributed by atoms with Gasteiger partial charge >= 0.3 is 0 Å². The van der Waals surface area contributed by atoms with E-state index < -0.39 is 0 Å². The molecule has 260 valence electrons. The standard InChI is InChI=1S/C53H33N3/c1-3-16-37(17-4-1)45-21-9-11-23-47(45)48-24-12-14-26-50(48)53-55-51(38-18-5-2-6-19-38)54-52(56-53)49-25-13-10-22-46(49)44-32-31-42-34-41(29-30-43(42)35-44)40-28-27-36-15-7-8-20-39(36)33-40/h1-11,13,15-35H. The van der Waals surface area contributed by atoms with E-state index in [0.29, 0.717) is 17.5 Å². The van der Waals surface area contributed by atoms with Gasteiger partial charge in [-0.3, -0.25) is 0 Å². The molecule has 10 rings (SSSR count). The molecule has 0 amide bonds. The van der Waals surface area contributed by atoms with Crippen LogP contribution in [0.2, 0.25) is 0 Å². The number of nitrogens with zero attached hydrogens (tertiary/aromatic N) is 3. The lowest BCUT2D eigenvalue weighted by atomic mass is 9.92. The fourth-order valence-electron chi connectivity index (χ4n) is 7.60. The topological polar surface area (TPSA) is 38.7 Å². The van der Waals surface area contributed by atoms with E-state index in [0.717, 1.165) is 50.1 Å². The summed E-state index contributed by atoms with van der Waals surface area (Å²) >= 11 is 0. The van der Waals surface area contributed by atoms with Gasteiger partial charge in [0.25, 0.3) is 0 Å². The van der Waals surface area contributed by atoms with Gasteiger partial charge in [0.05, 0.1) is 0 Å². The van der Waals surface area contributed by atoms with Gasteiger partial charge in [-0.05, 0) is 84.8 Å². The lowest BCUT2D eigenvalue weighted by Gasteiger charge is -2.15. The van der Waals surface area contributed by atoms with Crippen LogP contribution in [0.15, 0.2) is 200 Å². The maximum atomic E-state index is 5.25. The SMILES string of the molecule is c1cc(-c2nc(-c3ccccc3)nc(-c3ccccc3-c3ccc4cc(-c5ccc6ccccc6c5)ccc4c3)n2)c(-c2ccccc2-c2ccccc2)cc#1. The van der Waals surface area contributed by atoms with Crippen LogP contribution < -0.4 is 0 Å². The molecule has 1 aromatic heterocycles. The van der Waals surface area contributed by atoms with Crippen LogP contribution in [0.25, 0.3) is 100 Å². The molecule has 0 bridgehead atoms. The van der Waals surface area contributed by atoms with E-state index in [1.54, 1.807) is 0 Å². The van der Waals surface area contributed by atoms with Gasteiger partial charge in [-0.25, -0.2) is 15.0 Å². The highest BCUT2D eigenvalue weighted by atomic mass is 15.0. The number of aromatic nitrogens is 3. The van der Waals surface area contributed by atoms with Gasteiger partial charge in [-0.2, -0.15) is 0 Å². The molecule has 0 aliphatic rings. The zero-order valence-electron chi connectivity index (χ0n) is 30.4. The van der Waals surface area contributed by atoms with Crippen LogP contribution in [0.4, 0.5) is 0 Å². The minimum absolute atomic E-state index is 0.575. The van der Waals surface area contributed by atoms with Crippen LogP contribution in [0.3, 0.4) is 0 Å². The zero-order valence-corrected chi connectivity index (χ0v) is 30.4. The first kappa shape index (κ1) is 32.9. The summed E-state index contributed by atoms with van der Waals surface area (Å²) in [5.41, 5.74) is 11.6. The molecular weight excluding hydrogens is 679 g/mol. The molecule has 0 saturated carbocycles. The Morgan fingerprint density at radius 2 is 0.679 bits per heavy atom. The molecule has 56 heavy (non-hydrogen) atoms. The van der Waals surface area contributed by atoms with Gasteiger partial charge in [-0.1, -0.05) is 182 Å². The molecule has 0 spiro atoms. The second kappa shape index (κ2) is 14.3. The first-order valence-electron chi connectivity index (χ1n) is 18.8. The van der Waals surface area contributed by atoms with Crippen molar-refractivity contribution in [2.24, 2.45) is 0 Å². The number of rotatable bonds is 7. The zero-order chi connectivity index (χ0) is 37.3. The van der Waals surface area contributed by atoms with Crippen molar-refractivity contribution in [2.45, 2.75) is 0 Å². The second-order valence-corrected chi connectivity index (χ2v) is 13.9. The molecule has 0 aliphatic carbocycles. The summed E-state index contributed by atoms with van der Waals surface area (Å²) in [6.07, 6.45) is 0. The fraction of sp³-hybridized carbons (Fsp3) is 0. The number of hydrogen-bond donors (Lipinski definition) is 0. The Morgan fingerprint density at radius 1 is 0.250 bits per heavy atom. The molecule has 0 N–H and O–H groups in total. The molecule has 0 radical (unpaired) electrons. The van der Waals surface area contributed by atoms with Gasteiger partial charge in [-0.15, -0.1) is 0 Å². The highest BCUT2D eigenvalue weighted by molar-refractivity contribution is 5.95. The van der Waals surface area contributed by atoms with E-state index in [-0.39, 0.29) is 0 Å². The lowest BCUT2D eigenvalue weighted by Crippen LogP contribution is -2.02. The average molecular weight is 712 g/mol. The first-order valence-corrected chi connectivity index (χ1v) is 18.8. The number of hydrogen-bond acceptors (Lipinski definition) is 3. The largest absolute Gasteiger partial charge is 0.208 e. The molecule has 0 unspecified atom stereocenters. The van der Waals surface area contributed by atoms with Gasteiger partial charge in [0.2, 0.25) is 0 Å². The third kappa shape index (κ3) is 6.26. The summed E-state index contributed by atoms with van der Waals surface area (Å²) in [4.78, 5) is 15.5. The minimum atomic E-state index is 0.575. The first-order chi connectivity index (χ1) is 27.7. The Hall–Kier alpha value is -7.67. The molecule has 1 heterocycles. The van der Waals surface area contributed by atoms with Crippen molar-refractivity contribution in [2.75, 3.05) is 0 Å². The Kier molecular flexibility index (Phi) is 8.40. The molecule has 3 heteroatoms. The summed E-state index contributed by atoms with van der Waals surface area (Å²) in [5.74, 6) is 1.79. The summed E-state index contributed by atoms with van der Waals surface area (Å²) in [7, 11) is 0. The van der Waals surface area contributed by atoms with Crippen molar-refractivity contribution in [1.29, 1.82) is 0 Å². The van der Waals surface area contributed by atoms with Crippen LogP contribution in [0.1, 0.15) is 0 Å². The van der Waals surface area contributed by atoms with Crippen LogP contribution in [-0.4, -0.2) is 15.0 Å². The predicted octanol–water partition coefficient (Wildman–Crippen LogP) is 13.4. The highest BCUT2D eigenvalue weighted by Crippen LogP contribution is 2.39. The van der Waals surface area contributed by atoms with E-state index in [1.165, 1.54) is 32.7 Å². The van der Waals surface area contributed by atoms with Crippen molar-refractivity contribution in [3.05, 3.63) is 212 Å². The summed E-state index contributed by atoms with van der Waals surface area (Å²) in [6.45, 7) is 0.